The Morgan fingerprint density at radius 3 is 2.45 bits per heavy atom. The Labute approximate surface area is 132 Å². The zero-order valence-corrected chi connectivity index (χ0v) is 14.0. The molecule has 106 valence electrons. The number of rotatable bonds is 5. The van der Waals surface area contributed by atoms with Crippen LogP contribution in [-0.2, 0) is 0 Å². The molecule has 0 saturated carbocycles. The average molecular weight is 352 g/mol. The van der Waals surface area contributed by atoms with Crippen molar-refractivity contribution in [2.75, 3.05) is 0 Å². The standard InChI is InChI=1S/C16H18BrNOS/c1-11(2)10-13(12-6-4-3-5-7-12)18-16(19)14-8-9-15(17)20-14/h3-9,11,13H,10H2,1-2H3,(H,18,19). The predicted octanol–water partition coefficient (Wildman–Crippen LogP) is 5.03. The van der Waals surface area contributed by atoms with Crippen LogP contribution in [0.4, 0.5) is 0 Å². The van der Waals surface area contributed by atoms with Gasteiger partial charge in [0.2, 0.25) is 0 Å². The van der Waals surface area contributed by atoms with E-state index in [1.54, 1.807) is 0 Å². The van der Waals surface area contributed by atoms with Crippen molar-refractivity contribution in [2.24, 2.45) is 5.92 Å². The molecule has 0 spiro atoms. The van der Waals surface area contributed by atoms with E-state index in [1.807, 2.05) is 30.3 Å². The van der Waals surface area contributed by atoms with Crippen molar-refractivity contribution in [3.63, 3.8) is 0 Å². The van der Waals surface area contributed by atoms with Crippen LogP contribution in [0, 0.1) is 5.92 Å². The molecule has 1 atom stereocenters. The summed E-state index contributed by atoms with van der Waals surface area (Å²) in [5.74, 6) is 0.519. The Hall–Kier alpha value is -1.13. The third-order valence-electron chi connectivity index (χ3n) is 3.01. The molecule has 2 aromatic rings. The molecule has 1 heterocycles. The fraction of sp³-hybridized carbons (Fsp3) is 0.312. The molecule has 1 unspecified atom stereocenters. The fourth-order valence-electron chi connectivity index (χ4n) is 2.10. The molecule has 0 fully saturated rings. The van der Waals surface area contributed by atoms with Crippen molar-refractivity contribution in [1.29, 1.82) is 0 Å². The van der Waals surface area contributed by atoms with Gasteiger partial charge in [0.05, 0.1) is 14.7 Å². The first-order valence-electron chi connectivity index (χ1n) is 6.67. The molecule has 0 radical (unpaired) electrons. The van der Waals surface area contributed by atoms with E-state index in [2.05, 4.69) is 47.2 Å². The quantitative estimate of drug-likeness (QED) is 0.804. The van der Waals surface area contributed by atoms with Crippen molar-refractivity contribution < 1.29 is 4.79 Å². The summed E-state index contributed by atoms with van der Waals surface area (Å²) >= 11 is 4.85. The fourth-order valence-corrected chi connectivity index (χ4v) is 3.39. The zero-order chi connectivity index (χ0) is 14.5. The summed E-state index contributed by atoms with van der Waals surface area (Å²) < 4.78 is 0.975. The van der Waals surface area contributed by atoms with E-state index >= 15 is 0 Å². The SMILES string of the molecule is CC(C)CC(NC(=O)c1ccc(Br)s1)c1ccccc1. The van der Waals surface area contributed by atoms with Gasteiger partial charge in [0.25, 0.3) is 5.91 Å². The van der Waals surface area contributed by atoms with Crippen LogP contribution < -0.4 is 5.32 Å². The summed E-state index contributed by atoms with van der Waals surface area (Å²) in [5, 5.41) is 3.14. The number of benzene rings is 1. The first-order valence-corrected chi connectivity index (χ1v) is 8.28. The second-order valence-corrected chi connectivity index (χ2v) is 7.63. The molecule has 1 aromatic carbocycles. The van der Waals surface area contributed by atoms with Crippen molar-refractivity contribution in [1.82, 2.24) is 5.32 Å². The third-order valence-corrected chi connectivity index (χ3v) is 4.63. The van der Waals surface area contributed by atoms with E-state index in [0.29, 0.717) is 5.92 Å². The molecule has 20 heavy (non-hydrogen) atoms. The van der Waals surface area contributed by atoms with Crippen LogP contribution in [0.3, 0.4) is 0 Å². The molecule has 2 rings (SSSR count). The van der Waals surface area contributed by atoms with Crippen molar-refractivity contribution in [3.05, 3.63) is 56.7 Å². The highest BCUT2D eigenvalue weighted by Crippen LogP contribution is 2.25. The number of halogens is 1. The lowest BCUT2D eigenvalue weighted by Gasteiger charge is -2.20. The smallest absolute Gasteiger partial charge is 0.261 e. The van der Waals surface area contributed by atoms with Gasteiger partial charge in [0.1, 0.15) is 0 Å². The number of amides is 1. The second kappa shape index (κ2) is 7.04. The second-order valence-electron chi connectivity index (χ2n) is 5.17. The van der Waals surface area contributed by atoms with E-state index in [1.165, 1.54) is 11.3 Å². The molecule has 1 N–H and O–H groups in total. The van der Waals surface area contributed by atoms with Crippen molar-refractivity contribution in [3.8, 4) is 0 Å². The summed E-state index contributed by atoms with van der Waals surface area (Å²) in [4.78, 5) is 13.0. The van der Waals surface area contributed by atoms with Gasteiger partial charge in [-0.3, -0.25) is 4.79 Å². The maximum absolute atomic E-state index is 12.3. The summed E-state index contributed by atoms with van der Waals surface area (Å²) in [7, 11) is 0. The molecule has 4 heteroatoms. The first kappa shape index (κ1) is 15.3. The summed E-state index contributed by atoms with van der Waals surface area (Å²) in [6.07, 6.45) is 0.933. The lowest BCUT2D eigenvalue weighted by Crippen LogP contribution is -2.28. The molecule has 1 amide bonds. The van der Waals surface area contributed by atoms with E-state index in [0.717, 1.165) is 20.6 Å². The average Bonchev–Trinajstić information content (AvgIpc) is 2.85. The van der Waals surface area contributed by atoms with Gasteiger partial charge in [-0.15, -0.1) is 11.3 Å². The Balaban J connectivity index is 2.14. The van der Waals surface area contributed by atoms with Gasteiger partial charge in [-0.05, 0) is 46.0 Å². The van der Waals surface area contributed by atoms with E-state index in [4.69, 9.17) is 0 Å². The summed E-state index contributed by atoms with van der Waals surface area (Å²) in [5.41, 5.74) is 1.16. The van der Waals surface area contributed by atoms with Crippen LogP contribution in [0.2, 0.25) is 0 Å². The Morgan fingerprint density at radius 2 is 1.90 bits per heavy atom. The van der Waals surface area contributed by atoms with Gasteiger partial charge < -0.3 is 5.32 Å². The largest absolute Gasteiger partial charge is 0.345 e. The lowest BCUT2D eigenvalue weighted by atomic mass is 9.97. The van der Waals surface area contributed by atoms with E-state index < -0.39 is 0 Å². The predicted molar refractivity (Wildman–Crippen MR) is 88.1 cm³/mol. The number of nitrogens with one attached hydrogen (secondary N) is 1. The molecule has 0 saturated heterocycles. The minimum atomic E-state index is -0.00444. The number of carbonyl (C=O) groups is 1. The van der Waals surface area contributed by atoms with Crippen molar-refractivity contribution >= 4 is 33.2 Å². The van der Waals surface area contributed by atoms with Crippen LogP contribution in [0.15, 0.2) is 46.3 Å². The van der Waals surface area contributed by atoms with Crippen LogP contribution in [-0.4, -0.2) is 5.91 Å². The van der Waals surface area contributed by atoms with Crippen molar-refractivity contribution in [2.45, 2.75) is 26.3 Å². The molecule has 1 aromatic heterocycles. The van der Waals surface area contributed by atoms with E-state index in [-0.39, 0.29) is 11.9 Å². The number of hydrogen-bond acceptors (Lipinski definition) is 2. The minimum Gasteiger partial charge on any atom is -0.345 e. The molecule has 0 bridgehead atoms. The van der Waals surface area contributed by atoms with Gasteiger partial charge in [0.15, 0.2) is 0 Å². The summed E-state index contributed by atoms with van der Waals surface area (Å²) in [6.45, 7) is 4.34. The minimum absolute atomic E-state index is 0.00444. The summed E-state index contributed by atoms with van der Waals surface area (Å²) in [6, 6.07) is 14.0. The maximum Gasteiger partial charge on any atom is 0.261 e. The van der Waals surface area contributed by atoms with Gasteiger partial charge in [0, 0.05) is 0 Å². The highest BCUT2D eigenvalue weighted by atomic mass is 79.9. The Kier molecular flexibility index (Phi) is 5.38. The number of carbonyl (C=O) groups excluding carboxylic acids is 1. The first-order chi connectivity index (χ1) is 9.56. The van der Waals surface area contributed by atoms with Gasteiger partial charge in [-0.25, -0.2) is 0 Å². The van der Waals surface area contributed by atoms with E-state index in [9.17, 15) is 4.79 Å². The van der Waals surface area contributed by atoms with Gasteiger partial charge in [-0.1, -0.05) is 44.2 Å². The van der Waals surface area contributed by atoms with Crippen LogP contribution in [0.25, 0.3) is 0 Å². The van der Waals surface area contributed by atoms with Gasteiger partial charge >= 0.3 is 0 Å². The van der Waals surface area contributed by atoms with Crippen LogP contribution >= 0.6 is 27.3 Å². The molecule has 0 aliphatic carbocycles. The highest BCUT2D eigenvalue weighted by molar-refractivity contribution is 9.11. The maximum atomic E-state index is 12.3. The third kappa shape index (κ3) is 4.18. The molecule has 2 nitrogen and oxygen atoms in total. The molecule has 0 aliphatic rings. The monoisotopic (exact) mass is 351 g/mol. The van der Waals surface area contributed by atoms with Crippen LogP contribution in [0.5, 0.6) is 0 Å². The highest BCUT2D eigenvalue weighted by Gasteiger charge is 2.17. The Morgan fingerprint density at radius 1 is 1.20 bits per heavy atom. The van der Waals surface area contributed by atoms with Crippen LogP contribution in [0.1, 0.15) is 41.5 Å². The topological polar surface area (TPSA) is 29.1 Å². The molecule has 0 aliphatic heterocycles. The molecular weight excluding hydrogens is 334 g/mol. The zero-order valence-electron chi connectivity index (χ0n) is 11.6. The molecular formula is C16H18BrNOS. The lowest BCUT2D eigenvalue weighted by molar-refractivity contribution is 0.0936. The number of hydrogen-bond donors (Lipinski definition) is 1. The van der Waals surface area contributed by atoms with Gasteiger partial charge in [-0.2, -0.15) is 0 Å². The Bertz CT molecular complexity index is 565. The number of thiophene rings is 1. The normalized spacial score (nSPS) is 12.4.